The lowest BCUT2D eigenvalue weighted by Crippen LogP contribution is -1.98. The van der Waals surface area contributed by atoms with E-state index in [0.717, 1.165) is 30.2 Å². The summed E-state index contributed by atoms with van der Waals surface area (Å²) in [6, 6.07) is 7.48. The fourth-order valence-electron chi connectivity index (χ4n) is 1.48. The summed E-state index contributed by atoms with van der Waals surface area (Å²) < 4.78 is 7.43. The molecule has 0 aliphatic rings. The molecule has 18 heavy (non-hydrogen) atoms. The van der Waals surface area contributed by atoms with Gasteiger partial charge in [0.15, 0.2) is 0 Å². The number of aryl methyl sites for hydroxylation is 1. The molecular formula is C13H17N3OS. The maximum absolute atomic E-state index is 5.61. The third-order valence-corrected chi connectivity index (χ3v) is 3.42. The molecule has 0 spiro atoms. The summed E-state index contributed by atoms with van der Waals surface area (Å²) >= 11 is 1.80. The van der Waals surface area contributed by atoms with Crippen molar-refractivity contribution in [2.45, 2.75) is 11.3 Å². The number of hydrogen-bond donors (Lipinski definition) is 1. The standard InChI is InChI=1S/C13H17N3OS/c1-16-10-13(9-15-16)18-8-2-7-17-12-5-3-11(14)4-6-12/h3-6,9-10H,2,7-8,14H2,1H3. The lowest BCUT2D eigenvalue weighted by molar-refractivity contribution is 0.319. The predicted octanol–water partition coefficient (Wildman–Crippen LogP) is 2.56. The molecule has 0 aliphatic carbocycles. The van der Waals surface area contributed by atoms with E-state index < -0.39 is 0 Å². The molecular weight excluding hydrogens is 246 g/mol. The van der Waals surface area contributed by atoms with Gasteiger partial charge in [-0.3, -0.25) is 4.68 Å². The first-order valence-corrected chi connectivity index (χ1v) is 6.82. The van der Waals surface area contributed by atoms with Crippen LogP contribution in [0.25, 0.3) is 0 Å². The summed E-state index contributed by atoms with van der Waals surface area (Å²) in [6.07, 6.45) is 4.90. The van der Waals surface area contributed by atoms with Gasteiger partial charge < -0.3 is 10.5 Å². The van der Waals surface area contributed by atoms with Crippen LogP contribution < -0.4 is 10.5 Å². The highest BCUT2D eigenvalue weighted by Gasteiger charge is 1.97. The van der Waals surface area contributed by atoms with Crippen molar-refractivity contribution < 1.29 is 4.74 Å². The topological polar surface area (TPSA) is 53.1 Å². The number of nitrogen functional groups attached to an aromatic ring is 1. The number of hydrogen-bond acceptors (Lipinski definition) is 4. The monoisotopic (exact) mass is 263 g/mol. The van der Waals surface area contributed by atoms with Crippen LogP contribution in [0.4, 0.5) is 5.69 Å². The second kappa shape index (κ2) is 6.35. The highest BCUT2D eigenvalue weighted by Crippen LogP contribution is 2.18. The molecule has 1 aromatic carbocycles. The van der Waals surface area contributed by atoms with Crippen LogP contribution in [0.2, 0.25) is 0 Å². The number of ether oxygens (including phenoxy) is 1. The molecule has 5 heteroatoms. The van der Waals surface area contributed by atoms with Crippen molar-refractivity contribution in [3.8, 4) is 5.75 Å². The third kappa shape index (κ3) is 4.00. The summed E-state index contributed by atoms with van der Waals surface area (Å²) in [5.74, 6) is 1.90. The second-order valence-electron chi connectivity index (χ2n) is 3.97. The molecule has 1 heterocycles. The first-order chi connectivity index (χ1) is 8.74. The summed E-state index contributed by atoms with van der Waals surface area (Å²) in [6.45, 7) is 0.719. The van der Waals surface area contributed by atoms with E-state index >= 15 is 0 Å². The average molecular weight is 263 g/mol. The minimum atomic E-state index is 0.719. The molecule has 1 aromatic heterocycles. The number of aromatic nitrogens is 2. The Morgan fingerprint density at radius 2 is 2.11 bits per heavy atom. The van der Waals surface area contributed by atoms with Gasteiger partial charge in [0.1, 0.15) is 5.75 Å². The maximum Gasteiger partial charge on any atom is 0.119 e. The molecule has 96 valence electrons. The second-order valence-corrected chi connectivity index (χ2v) is 5.14. The summed E-state index contributed by atoms with van der Waals surface area (Å²) in [4.78, 5) is 1.20. The molecule has 0 unspecified atom stereocenters. The lowest BCUT2D eigenvalue weighted by Gasteiger charge is -2.05. The molecule has 2 N–H and O–H groups in total. The smallest absolute Gasteiger partial charge is 0.119 e. The normalized spacial score (nSPS) is 10.5. The Bertz CT molecular complexity index is 481. The Labute approximate surface area is 111 Å². The van der Waals surface area contributed by atoms with Crippen LogP contribution in [-0.2, 0) is 7.05 Å². The number of anilines is 1. The number of nitrogens with two attached hydrogens (primary N) is 1. The Morgan fingerprint density at radius 1 is 1.33 bits per heavy atom. The Balaban J connectivity index is 1.63. The van der Waals surface area contributed by atoms with Crippen molar-refractivity contribution in [3.05, 3.63) is 36.7 Å². The SMILES string of the molecule is Cn1cc(SCCCOc2ccc(N)cc2)cn1. The zero-order valence-corrected chi connectivity index (χ0v) is 11.2. The van der Waals surface area contributed by atoms with E-state index in [9.17, 15) is 0 Å². The first kappa shape index (κ1) is 12.8. The predicted molar refractivity (Wildman–Crippen MR) is 74.9 cm³/mol. The van der Waals surface area contributed by atoms with Crippen LogP contribution in [0.15, 0.2) is 41.6 Å². The van der Waals surface area contributed by atoms with Crippen LogP contribution in [0, 0.1) is 0 Å². The maximum atomic E-state index is 5.61. The van der Waals surface area contributed by atoms with Crippen LogP contribution in [0.1, 0.15) is 6.42 Å². The molecule has 0 radical (unpaired) electrons. The van der Waals surface area contributed by atoms with Gasteiger partial charge >= 0.3 is 0 Å². The lowest BCUT2D eigenvalue weighted by atomic mass is 10.3. The first-order valence-electron chi connectivity index (χ1n) is 5.84. The third-order valence-electron chi connectivity index (χ3n) is 2.39. The van der Waals surface area contributed by atoms with Crippen molar-refractivity contribution in [2.24, 2.45) is 7.05 Å². The van der Waals surface area contributed by atoms with Crippen molar-refractivity contribution >= 4 is 17.4 Å². The van der Waals surface area contributed by atoms with Crippen LogP contribution >= 0.6 is 11.8 Å². The molecule has 0 fully saturated rings. The van der Waals surface area contributed by atoms with E-state index in [1.165, 1.54) is 4.90 Å². The molecule has 2 aromatic rings. The number of thioether (sulfide) groups is 1. The van der Waals surface area contributed by atoms with Gasteiger partial charge in [-0.1, -0.05) is 0 Å². The molecule has 0 bridgehead atoms. The zero-order chi connectivity index (χ0) is 12.8. The number of benzene rings is 1. The Hall–Kier alpha value is -1.62. The van der Waals surface area contributed by atoms with E-state index in [4.69, 9.17) is 10.5 Å². The number of rotatable bonds is 6. The average Bonchev–Trinajstić information content (AvgIpc) is 2.77. The zero-order valence-electron chi connectivity index (χ0n) is 10.4. The Kier molecular flexibility index (Phi) is 4.52. The van der Waals surface area contributed by atoms with Gasteiger partial charge in [-0.15, -0.1) is 11.8 Å². The van der Waals surface area contributed by atoms with Crippen LogP contribution in [0.5, 0.6) is 5.75 Å². The quantitative estimate of drug-likeness (QED) is 0.494. The van der Waals surface area contributed by atoms with Crippen molar-refractivity contribution in [3.63, 3.8) is 0 Å². The highest BCUT2D eigenvalue weighted by molar-refractivity contribution is 7.99. The van der Waals surface area contributed by atoms with Crippen LogP contribution in [-0.4, -0.2) is 22.1 Å². The summed E-state index contributed by atoms with van der Waals surface area (Å²) in [5, 5.41) is 4.12. The van der Waals surface area contributed by atoms with Gasteiger partial charge in [-0.25, -0.2) is 0 Å². The van der Waals surface area contributed by atoms with Gasteiger partial charge in [-0.05, 0) is 30.7 Å². The summed E-state index contributed by atoms with van der Waals surface area (Å²) in [5.41, 5.74) is 6.36. The fraction of sp³-hybridized carbons (Fsp3) is 0.308. The Morgan fingerprint density at radius 3 is 2.78 bits per heavy atom. The molecule has 2 rings (SSSR count). The summed E-state index contributed by atoms with van der Waals surface area (Å²) in [7, 11) is 1.92. The highest BCUT2D eigenvalue weighted by atomic mass is 32.2. The van der Waals surface area contributed by atoms with Gasteiger partial charge in [0.05, 0.1) is 12.8 Å². The molecule has 0 aliphatic heterocycles. The number of nitrogens with zero attached hydrogens (tertiary/aromatic N) is 2. The molecule has 0 atom stereocenters. The van der Waals surface area contributed by atoms with Crippen LogP contribution in [0.3, 0.4) is 0 Å². The largest absolute Gasteiger partial charge is 0.494 e. The molecule has 0 amide bonds. The van der Waals surface area contributed by atoms with E-state index in [1.807, 2.05) is 48.4 Å². The van der Waals surface area contributed by atoms with Gasteiger partial charge in [0.25, 0.3) is 0 Å². The molecule has 0 saturated carbocycles. The van der Waals surface area contributed by atoms with Crippen molar-refractivity contribution in [1.82, 2.24) is 9.78 Å². The minimum absolute atomic E-state index is 0.719. The van der Waals surface area contributed by atoms with E-state index in [-0.39, 0.29) is 0 Å². The van der Waals surface area contributed by atoms with E-state index in [2.05, 4.69) is 5.10 Å². The van der Waals surface area contributed by atoms with E-state index in [1.54, 1.807) is 11.8 Å². The van der Waals surface area contributed by atoms with Crippen molar-refractivity contribution in [2.75, 3.05) is 18.1 Å². The van der Waals surface area contributed by atoms with Gasteiger partial charge in [0, 0.05) is 29.6 Å². The minimum Gasteiger partial charge on any atom is -0.494 e. The molecule has 4 nitrogen and oxygen atoms in total. The molecule has 0 saturated heterocycles. The van der Waals surface area contributed by atoms with Gasteiger partial charge in [-0.2, -0.15) is 5.10 Å². The van der Waals surface area contributed by atoms with Crippen molar-refractivity contribution in [1.29, 1.82) is 0 Å². The van der Waals surface area contributed by atoms with E-state index in [0.29, 0.717) is 0 Å². The fourth-order valence-corrected chi connectivity index (χ4v) is 2.32. The van der Waals surface area contributed by atoms with Gasteiger partial charge in [0.2, 0.25) is 0 Å².